The number of benzene rings is 1. The smallest absolute Gasteiger partial charge is 0.230 e. The Labute approximate surface area is 151 Å². The summed E-state index contributed by atoms with van der Waals surface area (Å²) in [4.78, 5) is 12.3. The molecule has 0 spiro atoms. The van der Waals surface area contributed by atoms with Crippen LogP contribution in [0, 0.1) is 0 Å². The summed E-state index contributed by atoms with van der Waals surface area (Å²) < 4.78 is 10.5. The fraction of sp³-hybridized carbons (Fsp3) is 0.500. The number of carbonyl (C=O) groups excluding carboxylic acids is 1. The van der Waals surface area contributed by atoms with Gasteiger partial charge in [0.05, 0.1) is 20.6 Å². The summed E-state index contributed by atoms with van der Waals surface area (Å²) in [7, 11) is 3.17. The number of hydrogen-bond donors (Lipinski definition) is 1. The molecular formula is C18H23N3O3S. The summed E-state index contributed by atoms with van der Waals surface area (Å²) in [6.45, 7) is 0. The highest BCUT2D eigenvalue weighted by molar-refractivity contribution is 7.15. The Morgan fingerprint density at radius 1 is 1.16 bits per heavy atom. The van der Waals surface area contributed by atoms with Crippen LogP contribution in [0.3, 0.4) is 0 Å². The summed E-state index contributed by atoms with van der Waals surface area (Å²) in [5, 5.41) is 12.9. The van der Waals surface area contributed by atoms with Gasteiger partial charge in [-0.25, -0.2) is 0 Å². The lowest BCUT2D eigenvalue weighted by Crippen LogP contribution is -2.14. The van der Waals surface area contributed by atoms with Crippen molar-refractivity contribution in [2.45, 2.75) is 44.4 Å². The van der Waals surface area contributed by atoms with Crippen molar-refractivity contribution in [2.24, 2.45) is 0 Å². The zero-order valence-electron chi connectivity index (χ0n) is 14.6. The maximum atomic E-state index is 12.3. The van der Waals surface area contributed by atoms with Crippen molar-refractivity contribution in [1.82, 2.24) is 10.2 Å². The average molecular weight is 361 g/mol. The number of methoxy groups -OCH3 is 2. The first kappa shape index (κ1) is 17.7. The van der Waals surface area contributed by atoms with Crippen molar-refractivity contribution in [3.05, 3.63) is 28.8 Å². The second-order valence-electron chi connectivity index (χ2n) is 6.19. The van der Waals surface area contributed by atoms with Crippen LogP contribution in [0.1, 0.15) is 48.6 Å². The second kappa shape index (κ2) is 8.29. The van der Waals surface area contributed by atoms with Gasteiger partial charge in [0.1, 0.15) is 5.01 Å². The van der Waals surface area contributed by atoms with Crippen molar-refractivity contribution in [2.75, 3.05) is 19.5 Å². The maximum absolute atomic E-state index is 12.3. The summed E-state index contributed by atoms with van der Waals surface area (Å²) in [5.74, 6) is 1.65. The normalized spacial score (nSPS) is 15.0. The molecule has 1 fully saturated rings. The largest absolute Gasteiger partial charge is 0.493 e. The second-order valence-corrected chi connectivity index (χ2v) is 7.20. The van der Waals surface area contributed by atoms with Gasteiger partial charge in [-0.2, -0.15) is 0 Å². The highest BCUT2D eigenvalue weighted by Crippen LogP contribution is 2.35. The van der Waals surface area contributed by atoms with E-state index in [0.717, 1.165) is 10.6 Å². The molecule has 1 aromatic heterocycles. The van der Waals surface area contributed by atoms with E-state index in [1.54, 1.807) is 20.3 Å². The minimum atomic E-state index is -0.112. The van der Waals surface area contributed by atoms with E-state index in [1.807, 2.05) is 12.1 Å². The Bertz CT molecular complexity index is 726. The fourth-order valence-corrected chi connectivity index (χ4v) is 4.07. The predicted octanol–water partition coefficient (Wildman–Crippen LogP) is 3.78. The van der Waals surface area contributed by atoms with Crippen LogP contribution in [-0.4, -0.2) is 30.3 Å². The molecule has 1 amide bonds. The van der Waals surface area contributed by atoms with Crippen molar-refractivity contribution in [3.8, 4) is 11.5 Å². The molecule has 1 heterocycles. The van der Waals surface area contributed by atoms with Gasteiger partial charge >= 0.3 is 0 Å². The van der Waals surface area contributed by atoms with E-state index in [2.05, 4.69) is 15.5 Å². The summed E-state index contributed by atoms with van der Waals surface area (Å²) in [6, 6.07) is 5.47. The predicted molar refractivity (Wildman–Crippen MR) is 97.6 cm³/mol. The molecule has 0 aliphatic heterocycles. The molecule has 6 nitrogen and oxygen atoms in total. The number of nitrogens with one attached hydrogen (secondary N) is 1. The fourth-order valence-electron chi connectivity index (χ4n) is 3.14. The van der Waals surface area contributed by atoms with Crippen molar-refractivity contribution in [3.63, 3.8) is 0 Å². The van der Waals surface area contributed by atoms with Crippen LogP contribution >= 0.6 is 11.3 Å². The first-order chi connectivity index (χ1) is 12.2. The molecule has 2 aromatic rings. The number of carbonyl (C=O) groups is 1. The monoisotopic (exact) mass is 361 g/mol. The van der Waals surface area contributed by atoms with E-state index < -0.39 is 0 Å². The van der Waals surface area contributed by atoms with Gasteiger partial charge in [-0.1, -0.05) is 36.7 Å². The SMILES string of the molecule is COc1ccc(CC(=O)Nc2nnc(C3CCCCC3)s2)cc1OC. The van der Waals surface area contributed by atoms with Crippen LogP contribution in [0.15, 0.2) is 18.2 Å². The van der Waals surface area contributed by atoms with Gasteiger partial charge in [0, 0.05) is 5.92 Å². The Hall–Kier alpha value is -2.15. The molecule has 25 heavy (non-hydrogen) atoms. The van der Waals surface area contributed by atoms with E-state index in [4.69, 9.17) is 9.47 Å². The third kappa shape index (κ3) is 4.48. The number of ether oxygens (including phenoxy) is 2. The number of aromatic nitrogens is 2. The molecule has 1 aliphatic carbocycles. The zero-order chi connectivity index (χ0) is 17.6. The number of amides is 1. The summed E-state index contributed by atoms with van der Waals surface area (Å²) in [5.41, 5.74) is 0.854. The van der Waals surface area contributed by atoms with Crippen LogP contribution in [-0.2, 0) is 11.2 Å². The molecule has 0 radical (unpaired) electrons. The zero-order valence-corrected chi connectivity index (χ0v) is 15.4. The Kier molecular flexibility index (Phi) is 5.86. The minimum absolute atomic E-state index is 0.112. The van der Waals surface area contributed by atoms with E-state index >= 15 is 0 Å². The molecule has 1 aromatic carbocycles. The molecule has 1 aliphatic rings. The molecule has 0 unspecified atom stereocenters. The van der Waals surface area contributed by atoms with Gasteiger partial charge in [-0.15, -0.1) is 10.2 Å². The molecule has 0 saturated heterocycles. The minimum Gasteiger partial charge on any atom is -0.493 e. The van der Waals surface area contributed by atoms with E-state index in [9.17, 15) is 4.79 Å². The van der Waals surface area contributed by atoms with Crippen LogP contribution in [0.4, 0.5) is 5.13 Å². The van der Waals surface area contributed by atoms with Crippen LogP contribution in [0.2, 0.25) is 0 Å². The number of anilines is 1. The average Bonchev–Trinajstić information content (AvgIpc) is 3.10. The lowest BCUT2D eigenvalue weighted by molar-refractivity contribution is -0.115. The number of hydrogen-bond acceptors (Lipinski definition) is 6. The first-order valence-electron chi connectivity index (χ1n) is 8.53. The topological polar surface area (TPSA) is 73.3 Å². The third-order valence-corrected chi connectivity index (χ3v) is 5.46. The lowest BCUT2D eigenvalue weighted by Gasteiger charge is -2.18. The van der Waals surface area contributed by atoms with Gasteiger partial charge in [-0.05, 0) is 30.5 Å². The van der Waals surface area contributed by atoms with Crippen LogP contribution in [0.5, 0.6) is 11.5 Å². The highest BCUT2D eigenvalue weighted by Gasteiger charge is 2.20. The van der Waals surface area contributed by atoms with Crippen molar-refractivity contribution in [1.29, 1.82) is 0 Å². The Balaban J connectivity index is 1.60. The van der Waals surface area contributed by atoms with Gasteiger partial charge in [0.2, 0.25) is 11.0 Å². The molecular weight excluding hydrogens is 338 g/mol. The molecule has 0 atom stereocenters. The van der Waals surface area contributed by atoms with Crippen LogP contribution < -0.4 is 14.8 Å². The third-order valence-electron chi connectivity index (χ3n) is 4.45. The van der Waals surface area contributed by atoms with E-state index in [0.29, 0.717) is 22.5 Å². The maximum Gasteiger partial charge on any atom is 0.230 e. The number of nitrogens with zero attached hydrogens (tertiary/aromatic N) is 2. The van der Waals surface area contributed by atoms with Crippen molar-refractivity contribution < 1.29 is 14.3 Å². The quantitative estimate of drug-likeness (QED) is 0.847. The van der Waals surface area contributed by atoms with Gasteiger partial charge in [0.15, 0.2) is 11.5 Å². The van der Waals surface area contributed by atoms with Crippen LogP contribution in [0.25, 0.3) is 0 Å². The standard InChI is InChI=1S/C18H23N3O3S/c1-23-14-9-8-12(10-15(14)24-2)11-16(22)19-18-21-20-17(25-18)13-6-4-3-5-7-13/h8-10,13H,3-7,11H2,1-2H3,(H,19,21,22). The Morgan fingerprint density at radius 2 is 1.92 bits per heavy atom. The molecule has 1 saturated carbocycles. The molecule has 7 heteroatoms. The molecule has 1 N–H and O–H groups in total. The summed E-state index contributed by atoms with van der Waals surface area (Å²) in [6.07, 6.45) is 6.42. The molecule has 134 valence electrons. The number of rotatable bonds is 6. The van der Waals surface area contributed by atoms with Gasteiger partial charge in [-0.3, -0.25) is 4.79 Å². The lowest BCUT2D eigenvalue weighted by atomic mass is 9.90. The van der Waals surface area contributed by atoms with Crippen molar-refractivity contribution >= 4 is 22.4 Å². The van der Waals surface area contributed by atoms with Gasteiger partial charge < -0.3 is 14.8 Å². The molecule has 3 rings (SSSR count). The molecule has 0 bridgehead atoms. The van der Waals surface area contributed by atoms with E-state index in [-0.39, 0.29) is 12.3 Å². The Morgan fingerprint density at radius 3 is 2.64 bits per heavy atom. The summed E-state index contributed by atoms with van der Waals surface area (Å²) >= 11 is 1.49. The van der Waals surface area contributed by atoms with E-state index in [1.165, 1.54) is 43.4 Å². The highest BCUT2D eigenvalue weighted by atomic mass is 32.1. The first-order valence-corrected chi connectivity index (χ1v) is 9.35. The van der Waals surface area contributed by atoms with Gasteiger partial charge in [0.25, 0.3) is 0 Å².